The predicted octanol–water partition coefficient (Wildman–Crippen LogP) is 2.49. The molecule has 0 bridgehead atoms. The van der Waals surface area contributed by atoms with Crippen molar-refractivity contribution in [2.45, 2.75) is 31.8 Å². The molecule has 0 radical (unpaired) electrons. The highest BCUT2D eigenvalue weighted by Crippen LogP contribution is 2.40. The number of sulfonamides is 1. The van der Waals surface area contributed by atoms with Gasteiger partial charge in [0.15, 0.2) is 5.78 Å². The van der Waals surface area contributed by atoms with Crippen molar-refractivity contribution in [2.24, 2.45) is 0 Å². The van der Waals surface area contributed by atoms with E-state index in [2.05, 4.69) is 0 Å². The minimum Gasteiger partial charge on any atom is -0.486 e. The van der Waals surface area contributed by atoms with E-state index in [0.717, 1.165) is 0 Å². The van der Waals surface area contributed by atoms with Crippen molar-refractivity contribution in [2.75, 3.05) is 18.8 Å². The second-order valence-electron chi connectivity index (χ2n) is 5.83. The lowest BCUT2D eigenvalue weighted by Gasteiger charge is -2.43. The van der Waals surface area contributed by atoms with Crippen LogP contribution in [0.15, 0.2) is 18.2 Å². The number of hydrogen-bond donors (Lipinski definition) is 0. The number of Topliss-reactive ketones (excluding diaryl/α,β-unsaturated/α-hetero) is 1. The number of benzene rings is 1. The predicted molar refractivity (Wildman–Crippen MR) is 84.0 cm³/mol. The Bertz CT molecular complexity index is 708. The molecule has 0 saturated carbocycles. The van der Waals surface area contributed by atoms with E-state index in [4.69, 9.17) is 16.3 Å². The molecular weight excluding hydrogens is 326 g/mol. The van der Waals surface area contributed by atoms with Crippen LogP contribution in [-0.4, -0.2) is 42.9 Å². The molecule has 1 aromatic carbocycles. The van der Waals surface area contributed by atoms with E-state index in [1.165, 1.54) is 4.31 Å². The van der Waals surface area contributed by atoms with Gasteiger partial charge in [-0.15, -0.1) is 0 Å². The molecule has 120 valence electrons. The number of carbonyl (C=O) groups is 1. The fourth-order valence-electron chi connectivity index (χ4n) is 3.10. The van der Waals surface area contributed by atoms with Gasteiger partial charge in [0.05, 0.1) is 17.7 Å². The van der Waals surface area contributed by atoms with E-state index >= 15 is 0 Å². The molecular formula is C15H18ClNO4S. The van der Waals surface area contributed by atoms with Gasteiger partial charge in [0.25, 0.3) is 0 Å². The van der Waals surface area contributed by atoms with E-state index in [1.807, 2.05) is 0 Å². The van der Waals surface area contributed by atoms with Gasteiger partial charge in [0.2, 0.25) is 10.0 Å². The van der Waals surface area contributed by atoms with Gasteiger partial charge in [-0.25, -0.2) is 12.7 Å². The Kier molecular flexibility index (Phi) is 3.95. The Balaban J connectivity index is 1.82. The molecule has 22 heavy (non-hydrogen) atoms. The smallest absolute Gasteiger partial charge is 0.213 e. The number of carbonyl (C=O) groups excluding carboxylic acids is 1. The molecule has 1 spiro atoms. The summed E-state index contributed by atoms with van der Waals surface area (Å²) in [4.78, 5) is 12.3. The average Bonchev–Trinajstić information content (AvgIpc) is 2.47. The van der Waals surface area contributed by atoms with Crippen molar-refractivity contribution in [3.63, 3.8) is 0 Å². The van der Waals surface area contributed by atoms with Crippen LogP contribution >= 0.6 is 11.6 Å². The topological polar surface area (TPSA) is 63.7 Å². The van der Waals surface area contributed by atoms with E-state index < -0.39 is 15.6 Å². The van der Waals surface area contributed by atoms with E-state index in [9.17, 15) is 13.2 Å². The number of hydrogen-bond acceptors (Lipinski definition) is 4. The number of nitrogens with zero attached hydrogens (tertiary/aromatic N) is 1. The monoisotopic (exact) mass is 343 g/mol. The highest BCUT2D eigenvalue weighted by Gasteiger charge is 2.44. The number of ether oxygens (including phenoxy) is 1. The van der Waals surface area contributed by atoms with E-state index in [-0.39, 0.29) is 11.5 Å². The molecule has 7 heteroatoms. The first-order valence-electron chi connectivity index (χ1n) is 7.35. The molecule has 0 N–H and O–H groups in total. The highest BCUT2D eigenvalue weighted by molar-refractivity contribution is 7.89. The fourth-order valence-corrected chi connectivity index (χ4v) is 4.37. The van der Waals surface area contributed by atoms with Crippen LogP contribution in [0.3, 0.4) is 0 Å². The van der Waals surface area contributed by atoms with Gasteiger partial charge >= 0.3 is 0 Å². The first kappa shape index (κ1) is 15.8. The summed E-state index contributed by atoms with van der Waals surface area (Å²) in [6.45, 7) is 2.41. The maximum atomic E-state index is 12.3. The number of halogens is 1. The SMILES string of the molecule is CCS(=O)(=O)N1CCC2(CC1)CC(=O)c1ccc(Cl)cc1O2. The van der Waals surface area contributed by atoms with Crippen LogP contribution in [0, 0.1) is 0 Å². The molecule has 0 amide bonds. The zero-order valence-electron chi connectivity index (χ0n) is 12.3. The maximum Gasteiger partial charge on any atom is 0.213 e. The molecule has 0 aliphatic carbocycles. The third kappa shape index (κ3) is 2.75. The Morgan fingerprint density at radius 1 is 1.32 bits per heavy atom. The molecule has 1 aromatic rings. The summed E-state index contributed by atoms with van der Waals surface area (Å²) in [5.74, 6) is 0.637. The summed E-state index contributed by atoms with van der Waals surface area (Å²) in [5.41, 5.74) is -0.0484. The van der Waals surface area contributed by atoms with Crippen LogP contribution in [0.25, 0.3) is 0 Å². The first-order chi connectivity index (χ1) is 10.4. The zero-order chi connectivity index (χ0) is 16.0. The molecule has 1 saturated heterocycles. The first-order valence-corrected chi connectivity index (χ1v) is 9.33. The quantitative estimate of drug-likeness (QED) is 0.827. The summed E-state index contributed by atoms with van der Waals surface area (Å²) in [7, 11) is -3.19. The number of rotatable bonds is 2. The van der Waals surface area contributed by atoms with Crippen LogP contribution < -0.4 is 4.74 Å². The van der Waals surface area contributed by atoms with Crippen LogP contribution in [0.1, 0.15) is 36.5 Å². The molecule has 2 heterocycles. The summed E-state index contributed by atoms with van der Waals surface area (Å²) in [5, 5.41) is 0.523. The maximum absolute atomic E-state index is 12.3. The van der Waals surface area contributed by atoms with Gasteiger partial charge in [-0.3, -0.25) is 4.79 Å². The molecule has 1 fully saturated rings. The Labute approximate surface area is 135 Å². The number of ketones is 1. The molecule has 2 aliphatic heterocycles. The van der Waals surface area contributed by atoms with Crippen LogP contribution in [0.4, 0.5) is 0 Å². The van der Waals surface area contributed by atoms with Gasteiger partial charge in [0, 0.05) is 31.0 Å². The van der Waals surface area contributed by atoms with Gasteiger partial charge in [-0.1, -0.05) is 11.6 Å². The third-order valence-electron chi connectivity index (χ3n) is 4.45. The van der Waals surface area contributed by atoms with Crippen molar-refractivity contribution < 1.29 is 17.9 Å². The largest absolute Gasteiger partial charge is 0.486 e. The summed E-state index contributed by atoms with van der Waals surface area (Å²) in [6, 6.07) is 5.02. The van der Waals surface area contributed by atoms with Gasteiger partial charge < -0.3 is 4.74 Å². The lowest BCUT2D eigenvalue weighted by atomic mass is 9.83. The van der Waals surface area contributed by atoms with Gasteiger partial charge in [0.1, 0.15) is 11.4 Å². The highest BCUT2D eigenvalue weighted by atomic mass is 35.5. The lowest BCUT2D eigenvalue weighted by Crippen LogP contribution is -2.52. The van der Waals surface area contributed by atoms with Gasteiger partial charge in [-0.05, 0) is 25.1 Å². The van der Waals surface area contributed by atoms with Crippen molar-refractivity contribution in [1.29, 1.82) is 0 Å². The molecule has 3 rings (SSSR count). The van der Waals surface area contributed by atoms with Crippen LogP contribution in [0.5, 0.6) is 5.75 Å². The van der Waals surface area contributed by atoms with Crippen LogP contribution in [0.2, 0.25) is 5.02 Å². The zero-order valence-corrected chi connectivity index (χ0v) is 13.9. The molecule has 2 aliphatic rings. The number of piperidine rings is 1. The minimum atomic E-state index is -3.19. The molecule has 0 atom stereocenters. The normalized spacial score (nSPS) is 21.5. The van der Waals surface area contributed by atoms with Crippen molar-refractivity contribution in [1.82, 2.24) is 4.31 Å². The second kappa shape index (κ2) is 5.51. The summed E-state index contributed by atoms with van der Waals surface area (Å²) in [6.07, 6.45) is 1.33. The van der Waals surface area contributed by atoms with E-state index in [0.29, 0.717) is 48.7 Å². The molecule has 5 nitrogen and oxygen atoms in total. The average molecular weight is 344 g/mol. The van der Waals surface area contributed by atoms with Gasteiger partial charge in [-0.2, -0.15) is 0 Å². The van der Waals surface area contributed by atoms with Crippen LogP contribution in [-0.2, 0) is 10.0 Å². The van der Waals surface area contributed by atoms with Crippen molar-refractivity contribution in [3.8, 4) is 5.75 Å². The number of fused-ring (bicyclic) bond motifs is 1. The second-order valence-corrected chi connectivity index (χ2v) is 8.52. The van der Waals surface area contributed by atoms with Crippen molar-refractivity contribution >= 4 is 27.4 Å². The molecule has 0 aromatic heterocycles. The Morgan fingerprint density at radius 3 is 2.64 bits per heavy atom. The Hall–Kier alpha value is -1.11. The fraction of sp³-hybridized carbons (Fsp3) is 0.533. The standard InChI is InChI=1S/C15H18ClNO4S/c1-2-22(19,20)17-7-5-15(6-8-17)10-13(18)12-4-3-11(16)9-14(12)21-15/h3-4,9H,2,5-8,10H2,1H3. The minimum absolute atomic E-state index is 0.0321. The van der Waals surface area contributed by atoms with E-state index in [1.54, 1.807) is 25.1 Å². The Morgan fingerprint density at radius 2 is 2.00 bits per heavy atom. The lowest BCUT2D eigenvalue weighted by molar-refractivity contribution is 0.00595. The summed E-state index contributed by atoms with van der Waals surface area (Å²) >= 11 is 5.97. The van der Waals surface area contributed by atoms with Crippen molar-refractivity contribution in [3.05, 3.63) is 28.8 Å². The third-order valence-corrected chi connectivity index (χ3v) is 6.56. The summed E-state index contributed by atoms with van der Waals surface area (Å²) < 4.78 is 31.4. The molecule has 0 unspecified atom stereocenters.